The molecule has 1 aliphatic rings. The van der Waals surface area contributed by atoms with Crippen LogP contribution < -0.4 is 5.32 Å². The molecule has 1 N–H and O–H groups in total. The van der Waals surface area contributed by atoms with Gasteiger partial charge in [0.1, 0.15) is 6.61 Å². The number of carbonyl (C=O) groups is 1. The lowest BCUT2D eigenvalue weighted by molar-refractivity contribution is 0.142. The fraction of sp³-hybridized carbons (Fsp3) is 0.240. The number of halogens is 1. The monoisotopic (exact) mass is 538 g/mol. The van der Waals surface area contributed by atoms with Gasteiger partial charge in [0.15, 0.2) is 0 Å². The summed E-state index contributed by atoms with van der Waals surface area (Å²) in [6.07, 6.45) is -0.466. The summed E-state index contributed by atoms with van der Waals surface area (Å²) >= 11 is 2.25. The average molecular weight is 538 g/mol. The molecule has 0 aliphatic heterocycles. The van der Waals surface area contributed by atoms with Crippen molar-refractivity contribution in [3.05, 3.63) is 95.9 Å². The van der Waals surface area contributed by atoms with Gasteiger partial charge in [0.05, 0.1) is 0 Å². The van der Waals surface area contributed by atoms with E-state index in [9.17, 15) is 4.79 Å². The van der Waals surface area contributed by atoms with E-state index >= 15 is 0 Å². The molecule has 1 amide bonds. The Balaban J connectivity index is 1.48. The Morgan fingerprint density at radius 1 is 1.03 bits per heavy atom. The van der Waals surface area contributed by atoms with Gasteiger partial charge in [-0.3, -0.25) is 0 Å². The smallest absolute Gasteiger partial charge is 0.407 e. The number of hydrogen-bond donors (Lipinski definition) is 1. The van der Waals surface area contributed by atoms with Crippen LogP contribution in [0.25, 0.3) is 21.6 Å². The molecular formula is C25H23IN4O2. The number of rotatable bonds is 5. The Bertz CT molecular complexity index is 1220. The van der Waals surface area contributed by atoms with E-state index in [2.05, 4.69) is 62.2 Å². The van der Waals surface area contributed by atoms with Crippen LogP contribution in [-0.2, 0) is 11.3 Å². The predicted octanol–water partition coefficient (Wildman–Crippen LogP) is 7.20. The van der Waals surface area contributed by atoms with Crippen LogP contribution in [0.2, 0.25) is 0 Å². The number of fused-ring (bicyclic) bond motifs is 3. The van der Waals surface area contributed by atoms with E-state index in [4.69, 9.17) is 10.3 Å². The Kier molecular flexibility index (Phi) is 6.39. The van der Waals surface area contributed by atoms with E-state index in [1.807, 2.05) is 45.0 Å². The zero-order chi connectivity index (χ0) is 22.8. The number of carbonyl (C=O) groups excluding carboxylic acids is 1. The summed E-state index contributed by atoms with van der Waals surface area (Å²) in [5.74, 6) is 0.0218. The van der Waals surface area contributed by atoms with Gasteiger partial charge in [-0.15, -0.1) is 0 Å². The minimum absolute atomic E-state index is 0.0218. The van der Waals surface area contributed by atoms with Crippen LogP contribution in [0, 0.1) is 24.3 Å². The van der Waals surface area contributed by atoms with E-state index in [0.29, 0.717) is 12.2 Å². The minimum atomic E-state index is -0.466. The quantitative estimate of drug-likeness (QED) is 0.161. The molecule has 4 rings (SSSR count). The second-order valence-corrected chi connectivity index (χ2v) is 8.96. The normalized spacial score (nSPS) is 12.0. The maximum atomic E-state index is 12.6. The predicted molar refractivity (Wildman–Crippen MR) is 134 cm³/mol. The molecule has 1 aliphatic carbocycles. The molecule has 3 aromatic carbocycles. The molecule has 7 heteroatoms. The zero-order valence-electron chi connectivity index (χ0n) is 18.1. The van der Waals surface area contributed by atoms with E-state index < -0.39 is 6.09 Å². The molecule has 0 heterocycles. The van der Waals surface area contributed by atoms with Gasteiger partial charge in [0.2, 0.25) is 0 Å². The van der Waals surface area contributed by atoms with E-state index in [1.165, 1.54) is 22.3 Å². The van der Waals surface area contributed by atoms with Gasteiger partial charge in [-0.2, -0.15) is 0 Å². The highest BCUT2D eigenvalue weighted by molar-refractivity contribution is 14.1. The topological polar surface area (TPSA) is 87.1 Å². The molecule has 0 spiro atoms. The Hall–Kier alpha value is -3.03. The van der Waals surface area contributed by atoms with Crippen molar-refractivity contribution in [1.82, 2.24) is 5.32 Å². The van der Waals surface area contributed by atoms with Crippen molar-refractivity contribution in [3.8, 4) is 11.1 Å². The maximum absolute atomic E-state index is 12.6. The molecule has 162 valence electrons. The molecule has 0 aromatic heterocycles. The molecule has 0 saturated carbocycles. The molecule has 3 aromatic rings. The van der Waals surface area contributed by atoms with Gasteiger partial charge in [0.25, 0.3) is 0 Å². The number of alkyl carbamates (subject to hydrolysis) is 1. The molecule has 32 heavy (non-hydrogen) atoms. The largest absolute Gasteiger partial charge is 0.449 e. The highest BCUT2D eigenvalue weighted by Gasteiger charge is 2.29. The summed E-state index contributed by atoms with van der Waals surface area (Å²) in [6, 6.07) is 16.5. The Morgan fingerprint density at radius 2 is 1.62 bits per heavy atom. The van der Waals surface area contributed by atoms with Gasteiger partial charge in [-0.25, -0.2) is 4.79 Å². The maximum Gasteiger partial charge on any atom is 0.407 e. The first-order valence-corrected chi connectivity index (χ1v) is 11.4. The van der Waals surface area contributed by atoms with Crippen molar-refractivity contribution in [3.63, 3.8) is 0 Å². The number of nitrogens with zero attached hydrogens (tertiary/aromatic N) is 3. The lowest BCUT2D eigenvalue weighted by Gasteiger charge is -2.18. The van der Waals surface area contributed by atoms with Gasteiger partial charge in [-0.1, -0.05) is 53.6 Å². The fourth-order valence-electron chi connectivity index (χ4n) is 4.49. The molecule has 6 nitrogen and oxygen atoms in total. The lowest BCUT2D eigenvalue weighted by atomic mass is 9.97. The SMILES string of the molecule is Cc1c(I)c(C)c(N=[N+]=[N-])c(C)c1CNC(=O)OCC1c2ccccc2-c2ccccc21. The minimum Gasteiger partial charge on any atom is -0.449 e. The number of ether oxygens (including phenoxy) is 1. The van der Waals surface area contributed by atoms with Crippen LogP contribution >= 0.6 is 22.6 Å². The fourth-order valence-corrected chi connectivity index (χ4v) is 5.07. The van der Waals surface area contributed by atoms with Crippen molar-refractivity contribution >= 4 is 34.4 Å². The van der Waals surface area contributed by atoms with Crippen LogP contribution in [0.15, 0.2) is 53.6 Å². The molecular weight excluding hydrogens is 515 g/mol. The number of benzene rings is 3. The van der Waals surface area contributed by atoms with Crippen LogP contribution in [0.5, 0.6) is 0 Å². The number of hydrogen-bond acceptors (Lipinski definition) is 3. The van der Waals surface area contributed by atoms with Crippen LogP contribution in [0.1, 0.15) is 39.3 Å². The highest BCUT2D eigenvalue weighted by Crippen LogP contribution is 2.44. The van der Waals surface area contributed by atoms with Crippen LogP contribution in [0.4, 0.5) is 10.5 Å². The Morgan fingerprint density at radius 3 is 2.22 bits per heavy atom. The van der Waals surface area contributed by atoms with E-state index in [1.54, 1.807) is 0 Å². The second kappa shape index (κ2) is 9.22. The highest BCUT2D eigenvalue weighted by atomic mass is 127. The zero-order valence-corrected chi connectivity index (χ0v) is 20.3. The van der Waals surface area contributed by atoms with Crippen LogP contribution in [0.3, 0.4) is 0 Å². The first kappa shape index (κ1) is 22.2. The standard InChI is InChI=1S/C25H23IN4O2/c1-14-21(15(2)24(29-30-27)16(3)23(14)26)12-28-25(31)32-13-22-19-10-6-4-8-17(19)18-9-5-7-11-20(18)22/h4-11,22H,12-13H2,1-3H3,(H,28,31). The third-order valence-electron chi connectivity index (χ3n) is 6.17. The third-order valence-corrected chi connectivity index (χ3v) is 7.79. The summed E-state index contributed by atoms with van der Waals surface area (Å²) < 4.78 is 6.67. The van der Waals surface area contributed by atoms with Gasteiger partial charge >= 0.3 is 6.09 Å². The molecule has 0 saturated heterocycles. The molecule has 0 bridgehead atoms. The first-order chi connectivity index (χ1) is 15.4. The summed E-state index contributed by atoms with van der Waals surface area (Å²) in [6.45, 7) is 6.44. The van der Waals surface area contributed by atoms with E-state index in [-0.39, 0.29) is 12.5 Å². The van der Waals surface area contributed by atoms with Crippen molar-refractivity contribution in [2.45, 2.75) is 33.2 Å². The summed E-state index contributed by atoms with van der Waals surface area (Å²) in [7, 11) is 0. The number of nitrogens with one attached hydrogen (secondary N) is 1. The van der Waals surface area contributed by atoms with Crippen molar-refractivity contribution in [1.29, 1.82) is 0 Å². The van der Waals surface area contributed by atoms with Gasteiger partial charge in [-0.05, 0) is 93.4 Å². The molecule has 0 radical (unpaired) electrons. The summed E-state index contributed by atoms with van der Waals surface area (Å²) in [4.78, 5) is 15.5. The molecule has 0 unspecified atom stereocenters. The third kappa shape index (κ3) is 3.94. The van der Waals surface area contributed by atoms with Crippen molar-refractivity contribution in [2.75, 3.05) is 6.61 Å². The molecule has 0 fully saturated rings. The van der Waals surface area contributed by atoms with Gasteiger partial charge in [0, 0.05) is 26.6 Å². The van der Waals surface area contributed by atoms with Crippen LogP contribution in [-0.4, -0.2) is 12.7 Å². The van der Waals surface area contributed by atoms with Gasteiger partial charge < -0.3 is 10.1 Å². The van der Waals surface area contributed by atoms with E-state index in [0.717, 1.165) is 25.8 Å². The van der Waals surface area contributed by atoms with Crippen molar-refractivity contribution < 1.29 is 9.53 Å². The average Bonchev–Trinajstić information content (AvgIpc) is 3.13. The number of azide groups is 1. The summed E-state index contributed by atoms with van der Waals surface area (Å²) in [5.41, 5.74) is 18.1. The number of amides is 1. The molecule has 0 atom stereocenters. The Labute approximate surface area is 200 Å². The van der Waals surface area contributed by atoms with Crippen molar-refractivity contribution in [2.24, 2.45) is 5.11 Å². The first-order valence-electron chi connectivity index (χ1n) is 10.4. The lowest BCUT2D eigenvalue weighted by Crippen LogP contribution is -2.26. The summed E-state index contributed by atoms with van der Waals surface area (Å²) in [5, 5.41) is 6.73. The second-order valence-electron chi connectivity index (χ2n) is 7.88.